The lowest BCUT2D eigenvalue weighted by Crippen LogP contribution is -2.62. The van der Waals surface area contributed by atoms with E-state index in [4.69, 9.17) is 17.1 Å². The number of aliphatic hydroxyl groups excluding tert-OH is 1. The Hall–Kier alpha value is -2.72. The van der Waals surface area contributed by atoms with Crippen molar-refractivity contribution in [3.05, 3.63) is 65.7 Å². The maximum atomic E-state index is 14.1. The molecule has 5 aliphatic rings. The summed E-state index contributed by atoms with van der Waals surface area (Å²) >= 11 is 5.73. The maximum absolute atomic E-state index is 14.1. The highest BCUT2D eigenvalue weighted by molar-refractivity contribution is 7.80. The van der Waals surface area contributed by atoms with Crippen LogP contribution in [0.5, 0.6) is 0 Å². The van der Waals surface area contributed by atoms with Crippen LogP contribution in [0.3, 0.4) is 0 Å². The van der Waals surface area contributed by atoms with Crippen molar-refractivity contribution in [1.82, 2.24) is 20.6 Å². The Morgan fingerprint density at radius 3 is 2.43 bits per heavy atom. The summed E-state index contributed by atoms with van der Waals surface area (Å²) in [4.78, 5) is 25.2. The van der Waals surface area contributed by atoms with Gasteiger partial charge in [-0.25, -0.2) is 0 Å². The third-order valence-corrected chi connectivity index (χ3v) is 12.4. The number of hydrogen-bond acceptors (Lipinski definition) is 6. The van der Waals surface area contributed by atoms with E-state index >= 15 is 0 Å². The van der Waals surface area contributed by atoms with Crippen molar-refractivity contribution in [1.29, 1.82) is 0 Å². The molecule has 256 valence electrons. The summed E-state index contributed by atoms with van der Waals surface area (Å²) in [5.41, 5.74) is 3.94. The quantitative estimate of drug-likeness (QED) is 0.312. The van der Waals surface area contributed by atoms with Gasteiger partial charge in [-0.05, 0) is 83.8 Å². The molecular weight excluding hydrogens is 607 g/mol. The largest absolute Gasteiger partial charge is 0.394 e. The number of anilines is 1. The molecule has 2 aromatic carbocycles. The normalized spacial score (nSPS) is 30.2. The van der Waals surface area contributed by atoms with Crippen LogP contribution in [0.2, 0.25) is 0 Å². The van der Waals surface area contributed by atoms with Gasteiger partial charge >= 0.3 is 0 Å². The van der Waals surface area contributed by atoms with Crippen molar-refractivity contribution in [2.45, 2.75) is 78.6 Å². The van der Waals surface area contributed by atoms with Crippen molar-refractivity contribution in [2.75, 3.05) is 44.2 Å². The van der Waals surface area contributed by atoms with Gasteiger partial charge < -0.3 is 25.5 Å². The van der Waals surface area contributed by atoms with E-state index < -0.39 is 12.1 Å². The highest BCUT2D eigenvalue weighted by Crippen LogP contribution is 2.61. The number of fused-ring (bicyclic) bond motifs is 2. The third kappa shape index (κ3) is 7.19. The summed E-state index contributed by atoms with van der Waals surface area (Å²) in [5.74, 6) is 1.92. The van der Waals surface area contributed by atoms with Gasteiger partial charge in [-0.15, -0.1) is 0 Å². The first-order valence-corrected chi connectivity index (χ1v) is 18.2. The van der Waals surface area contributed by atoms with Gasteiger partial charge in [0.1, 0.15) is 12.1 Å². The highest BCUT2D eigenvalue weighted by Gasteiger charge is 2.57. The zero-order chi connectivity index (χ0) is 33.3. The summed E-state index contributed by atoms with van der Waals surface area (Å²) in [6.45, 7) is 16.1. The smallest absolute Gasteiger partial charge is 0.240 e. The van der Waals surface area contributed by atoms with Crippen LogP contribution in [-0.2, 0) is 22.6 Å². The summed E-state index contributed by atoms with van der Waals surface area (Å²) in [6.07, 6.45) is 2.88. The second kappa shape index (κ2) is 14.4. The molecule has 3 aliphatic carbocycles. The molecule has 0 spiro atoms. The van der Waals surface area contributed by atoms with E-state index in [-0.39, 0.29) is 30.4 Å². The molecule has 0 aromatic heterocycles. The van der Waals surface area contributed by atoms with Crippen LogP contribution in [0.25, 0.3) is 0 Å². The van der Waals surface area contributed by atoms with E-state index in [1.807, 2.05) is 11.1 Å². The number of rotatable bonds is 10. The lowest BCUT2D eigenvalue weighted by molar-refractivity contribution is -0.183. The van der Waals surface area contributed by atoms with Crippen molar-refractivity contribution < 1.29 is 14.7 Å². The second-order valence-corrected chi connectivity index (χ2v) is 15.7. The molecule has 1 amide bonds. The van der Waals surface area contributed by atoms with Crippen molar-refractivity contribution in [3.8, 4) is 0 Å². The molecule has 3 N–H and O–H groups in total. The Bertz CT molecular complexity index is 1380. The average Bonchev–Trinajstić information content (AvgIpc) is 3.44. The first kappa shape index (κ1) is 34.2. The Morgan fingerprint density at radius 2 is 1.77 bits per heavy atom. The number of piperazine rings is 1. The molecule has 0 unspecified atom stereocenters. The minimum Gasteiger partial charge on any atom is -0.394 e. The van der Waals surface area contributed by atoms with Crippen LogP contribution in [0.4, 0.5) is 5.69 Å². The van der Waals surface area contributed by atoms with E-state index in [2.05, 4.69) is 104 Å². The van der Waals surface area contributed by atoms with Gasteiger partial charge in [0.2, 0.25) is 5.91 Å². The molecule has 8 nitrogen and oxygen atoms in total. The summed E-state index contributed by atoms with van der Waals surface area (Å²) in [7, 11) is 0. The fourth-order valence-electron chi connectivity index (χ4n) is 8.97. The molecule has 2 bridgehead atoms. The van der Waals surface area contributed by atoms with Crippen LogP contribution >= 0.6 is 12.2 Å². The fraction of sp³-hybridized carbons (Fsp3) is 0.632. The van der Waals surface area contributed by atoms with Gasteiger partial charge in [0.05, 0.1) is 13.2 Å². The summed E-state index contributed by atoms with van der Waals surface area (Å²) in [5, 5.41) is 19.9. The molecule has 2 heterocycles. The molecule has 2 aliphatic heterocycles. The van der Waals surface area contributed by atoms with Gasteiger partial charge in [0, 0.05) is 50.4 Å². The molecule has 7 rings (SSSR count). The van der Waals surface area contributed by atoms with E-state index in [1.54, 1.807) is 0 Å². The van der Waals surface area contributed by atoms with Crippen molar-refractivity contribution in [3.63, 3.8) is 0 Å². The molecule has 47 heavy (non-hydrogen) atoms. The number of nitrogens with one attached hydrogen (secondary N) is 2. The highest BCUT2D eigenvalue weighted by atomic mass is 32.1. The number of benzene rings is 2. The Labute approximate surface area is 287 Å². The van der Waals surface area contributed by atoms with E-state index in [9.17, 15) is 9.90 Å². The first-order chi connectivity index (χ1) is 22.6. The van der Waals surface area contributed by atoms with Crippen LogP contribution in [0, 0.1) is 35.0 Å². The molecule has 2 aromatic rings. The van der Waals surface area contributed by atoms with Gasteiger partial charge in [-0.3, -0.25) is 9.63 Å². The standard InChI is InChI=1S/C38H55N5O3S/c1-25(2)34-33(24-44)46-43(35(34)36(45)40-32-22-29-21-31(26(32)3)38(29,4)5)23-28-12-9-13-30(20-28)41-16-18-42(19-17-41)37(47)39-15-14-27-10-7-6-8-11-27/h6-13,20,25-26,29,31-35,44H,14-19,21-24H2,1-5H3,(H,39,47)(H,40,45)/t26-,29+,31-,32-,33-,34+,35-/m0/s1. The molecule has 9 heteroatoms. The van der Waals surface area contributed by atoms with Crippen molar-refractivity contribution >= 4 is 28.9 Å². The fourth-order valence-corrected chi connectivity index (χ4v) is 9.26. The average molecular weight is 662 g/mol. The minimum absolute atomic E-state index is 0.0382. The molecule has 2 saturated heterocycles. The van der Waals surface area contributed by atoms with Gasteiger partial charge in [-0.2, -0.15) is 5.06 Å². The lowest BCUT2D eigenvalue weighted by atomic mass is 9.45. The number of thiocarbonyl (C=S) groups is 1. The number of amides is 1. The molecular formula is C38H55N5O3S. The molecule has 7 atom stereocenters. The number of carbonyl (C=O) groups excluding carboxylic acids is 1. The van der Waals surface area contributed by atoms with Crippen LogP contribution in [0.1, 0.15) is 58.6 Å². The van der Waals surface area contributed by atoms with Crippen molar-refractivity contribution in [2.24, 2.45) is 35.0 Å². The Morgan fingerprint density at radius 1 is 1.04 bits per heavy atom. The Balaban J connectivity index is 1.07. The summed E-state index contributed by atoms with van der Waals surface area (Å²) < 4.78 is 0. The summed E-state index contributed by atoms with van der Waals surface area (Å²) in [6, 6.07) is 18.8. The predicted molar refractivity (Wildman–Crippen MR) is 192 cm³/mol. The molecule has 5 fully saturated rings. The number of nitrogens with zero attached hydrogens (tertiary/aromatic N) is 3. The second-order valence-electron chi connectivity index (χ2n) is 15.3. The van der Waals surface area contributed by atoms with E-state index in [0.29, 0.717) is 29.7 Å². The predicted octanol–water partition coefficient (Wildman–Crippen LogP) is 4.86. The number of aliphatic hydroxyl groups is 1. The van der Waals surface area contributed by atoms with Crippen LogP contribution < -0.4 is 15.5 Å². The number of carbonyl (C=O) groups is 1. The van der Waals surface area contributed by atoms with Gasteiger partial charge in [0.15, 0.2) is 5.11 Å². The van der Waals surface area contributed by atoms with E-state index in [0.717, 1.165) is 56.2 Å². The molecule has 3 saturated carbocycles. The zero-order valence-corrected chi connectivity index (χ0v) is 29.7. The van der Waals surface area contributed by atoms with Crippen LogP contribution in [-0.4, -0.2) is 83.6 Å². The lowest BCUT2D eigenvalue weighted by Gasteiger charge is -2.62. The monoisotopic (exact) mass is 661 g/mol. The van der Waals surface area contributed by atoms with Gasteiger partial charge in [0.25, 0.3) is 0 Å². The molecule has 0 radical (unpaired) electrons. The zero-order valence-electron chi connectivity index (χ0n) is 28.9. The third-order valence-electron chi connectivity index (χ3n) is 12.0. The first-order valence-electron chi connectivity index (χ1n) is 17.8. The van der Waals surface area contributed by atoms with Gasteiger partial charge in [-0.1, -0.05) is 77.1 Å². The number of hydroxylamine groups is 2. The maximum Gasteiger partial charge on any atom is 0.240 e. The SMILES string of the molecule is CC(C)[C@@H]1[C@H](CO)ON(Cc2cccc(N3CCN(C(=S)NCCc4ccccc4)CC3)c2)[C@@H]1C(=O)N[C@H]1C[C@H]2C[C@@H]([C@@H]1C)C2(C)C. The van der Waals surface area contributed by atoms with Crippen LogP contribution in [0.15, 0.2) is 54.6 Å². The number of hydrogen-bond donors (Lipinski definition) is 3. The van der Waals surface area contributed by atoms with E-state index in [1.165, 1.54) is 17.7 Å². The Kier molecular flexibility index (Phi) is 10.5. The minimum atomic E-state index is -0.451. The topological polar surface area (TPSA) is 80.3 Å².